The fraction of sp³-hybridized carbons (Fsp3) is 0.455. The first-order valence-electron chi connectivity index (χ1n) is 4.48. The van der Waals surface area contributed by atoms with E-state index in [1.807, 2.05) is 30.3 Å². The molecule has 0 amide bonds. The largest absolute Gasteiger partial charge is 0.325 e. The number of hydrogen-bond acceptors (Lipinski definition) is 1. The molecule has 0 aliphatic heterocycles. The molecule has 13 heavy (non-hydrogen) atoms. The molecule has 1 rings (SSSR count). The van der Waals surface area contributed by atoms with Crippen molar-refractivity contribution in [2.24, 2.45) is 5.73 Å². The Morgan fingerprint density at radius 1 is 1.31 bits per heavy atom. The molecule has 72 valence electrons. The summed E-state index contributed by atoms with van der Waals surface area (Å²) in [6.45, 7) is 3.03. The zero-order chi connectivity index (χ0) is 9.90. The molecule has 0 radical (unpaired) electrons. The highest BCUT2D eigenvalue weighted by atomic mass is 19.1. The van der Waals surface area contributed by atoms with Crippen LogP contribution in [0.1, 0.15) is 19.4 Å². The minimum atomic E-state index is -1.31. The number of rotatable bonds is 3. The predicted octanol–water partition coefficient (Wildman–Crippen LogP) is 2.30. The summed E-state index contributed by atoms with van der Waals surface area (Å²) in [4.78, 5) is 0. The monoisotopic (exact) mass is 181 g/mol. The Balaban J connectivity index is 2.61. The lowest BCUT2D eigenvalue weighted by Crippen LogP contribution is -2.41. The van der Waals surface area contributed by atoms with Gasteiger partial charge in [0.2, 0.25) is 0 Å². The maximum absolute atomic E-state index is 13.3. The van der Waals surface area contributed by atoms with Gasteiger partial charge in [-0.1, -0.05) is 30.3 Å². The second kappa shape index (κ2) is 3.88. The molecule has 0 aliphatic rings. The van der Waals surface area contributed by atoms with Crippen molar-refractivity contribution in [3.63, 3.8) is 0 Å². The Hall–Kier alpha value is -0.890. The van der Waals surface area contributed by atoms with E-state index in [9.17, 15) is 4.39 Å². The Kier molecular flexibility index (Phi) is 3.04. The van der Waals surface area contributed by atoms with Crippen LogP contribution in [-0.4, -0.2) is 11.7 Å². The second-order valence-corrected chi connectivity index (χ2v) is 3.86. The van der Waals surface area contributed by atoms with E-state index in [1.165, 1.54) is 13.8 Å². The lowest BCUT2D eigenvalue weighted by molar-refractivity contribution is 0.172. The highest BCUT2D eigenvalue weighted by Crippen LogP contribution is 2.16. The van der Waals surface area contributed by atoms with Crippen LogP contribution in [0.2, 0.25) is 0 Å². The van der Waals surface area contributed by atoms with Crippen LogP contribution in [0.15, 0.2) is 30.3 Å². The predicted molar refractivity (Wildman–Crippen MR) is 53.3 cm³/mol. The first-order valence-corrected chi connectivity index (χ1v) is 4.48. The van der Waals surface area contributed by atoms with E-state index in [4.69, 9.17) is 5.73 Å². The van der Waals surface area contributed by atoms with Gasteiger partial charge in [0.25, 0.3) is 0 Å². The van der Waals surface area contributed by atoms with Gasteiger partial charge in [0.1, 0.15) is 5.67 Å². The summed E-state index contributed by atoms with van der Waals surface area (Å²) < 4.78 is 13.3. The van der Waals surface area contributed by atoms with Gasteiger partial charge in [-0.05, 0) is 25.8 Å². The molecule has 0 aromatic heterocycles. The summed E-state index contributed by atoms with van der Waals surface area (Å²) >= 11 is 0. The minimum absolute atomic E-state index is 0.435. The molecule has 0 saturated heterocycles. The Morgan fingerprint density at radius 3 is 2.31 bits per heavy atom. The van der Waals surface area contributed by atoms with Crippen molar-refractivity contribution in [3.8, 4) is 0 Å². The van der Waals surface area contributed by atoms with Gasteiger partial charge in [-0.2, -0.15) is 0 Å². The standard InChI is InChI=1S/C11H16FN/c1-11(2,12)10(13)8-9-6-4-3-5-7-9/h3-7,10H,8,13H2,1-2H3/t10-/m0/s1. The first-order chi connectivity index (χ1) is 6.00. The lowest BCUT2D eigenvalue weighted by Gasteiger charge is -2.22. The van der Waals surface area contributed by atoms with Gasteiger partial charge in [-0.3, -0.25) is 0 Å². The fourth-order valence-corrected chi connectivity index (χ4v) is 1.11. The van der Waals surface area contributed by atoms with Crippen LogP contribution in [0.4, 0.5) is 4.39 Å². The molecule has 2 heteroatoms. The van der Waals surface area contributed by atoms with Crippen LogP contribution in [0, 0.1) is 0 Å². The summed E-state index contributed by atoms with van der Waals surface area (Å²) in [6, 6.07) is 9.31. The first kappa shape index (κ1) is 10.2. The third-order valence-electron chi connectivity index (χ3n) is 2.18. The molecule has 0 spiro atoms. The van der Waals surface area contributed by atoms with Crippen molar-refractivity contribution < 1.29 is 4.39 Å². The zero-order valence-electron chi connectivity index (χ0n) is 8.13. The molecule has 0 fully saturated rings. The molecular weight excluding hydrogens is 165 g/mol. The average molecular weight is 181 g/mol. The normalized spacial score (nSPS) is 14.2. The van der Waals surface area contributed by atoms with E-state index in [1.54, 1.807) is 0 Å². The molecule has 0 aliphatic carbocycles. The van der Waals surface area contributed by atoms with Gasteiger partial charge >= 0.3 is 0 Å². The van der Waals surface area contributed by atoms with E-state index in [0.29, 0.717) is 6.42 Å². The van der Waals surface area contributed by atoms with E-state index in [-0.39, 0.29) is 0 Å². The number of alkyl halides is 1. The molecule has 1 aromatic carbocycles. The smallest absolute Gasteiger partial charge is 0.120 e. The third kappa shape index (κ3) is 3.15. The Morgan fingerprint density at radius 2 is 1.85 bits per heavy atom. The highest BCUT2D eigenvalue weighted by molar-refractivity contribution is 5.16. The summed E-state index contributed by atoms with van der Waals surface area (Å²) in [6.07, 6.45) is 0.588. The van der Waals surface area contributed by atoms with E-state index >= 15 is 0 Å². The minimum Gasteiger partial charge on any atom is -0.325 e. The van der Waals surface area contributed by atoms with Gasteiger partial charge in [0.15, 0.2) is 0 Å². The third-order valence-corrected chi connectivity index (χ3v) is 2.18. The van der Waals surface area contributed by atoms with Crippen molar-refractivity contribution in [1.29, 1.82) is 0 Å². The topological polar surface area (TPSA) is 26.0 Å². The zero-order valence-corrected chi connectivity index (χ0v) is 8.13. The molecule has 1 atom stereocenters. The van der Waals surface area contributed by atoms with Crippen molar-refractivity contribution in [2.75, 3.05) is 0 Å². The van der Waals surface area contributed by atoms with Crippen LogP contribution in [0.5, 0.6) is 0 Å². The Labute approximate surface area is 78.8 Å². The highest BCUT2D eigenvalue weighted by Gasteiger charge is 2.25. The summed E-state index contributed by atoms with van der Waals surface area (Å²) in [5.74, 6) is 0. The molecule has 0 bridgehead atoms. The maximum atomic E-state index is 13.3. The van der Waals surface area contributed by atoms with Crippen molar-refractivity contribution in [3.05, 3.63) is 35.9 Å². The molecular formula is C11H16FN. The molecule has 0 unspecified atom stereocenters. The number of hydrogen-bond donors (Lipinski definition) is 1. The Bertz CT molecular complexity index is 251. The van der Waals surface area contributed by atoms with Crippen molar-refractivity contribution in [2.45, 2.75) is 32.0 Å². The van der Waals surface area contributed by atoms with E-state index < -0.39 is 11.7 Å². The van der Waals surface area contributed by atoms with Crippen LogP contribution in [0.3, 0.4) is 0 Å². The lowest BCUT2D eigenvalue weighted by atomic mass is 9.95. The van der Waals surface area contributed by atoms with E-state index in [2.05, 4.69) is 0 Å². The van der Waals surface area contributed by atoms with Gasteiger partial charge in [-0.25, -0.2) is 4.39 Å². The van der Waals surface area contributed by atoms with Crippen LogP contribution in [0.25, 0.3) is 0 Å². The fourth-order valence-electron chi connectivity index (χ4n) is 1.11. The van der Waals surface area contributed by atoms with Crippen LogP contribution in [-0.2, 0) is 6.42 Å². The van der Waals surface area contributed by atoms with Gasteiger partial charge in [0, 0.05) is 6.04 Å². The summed E-state index contributed by atoms with van der Waals surface area (Å²) in [5.41, 5.74) is 5.48. The van der Waals surface area contributed by atoms with Gasteiger partial charge in [0.05, 0.1) is 0 Å². The summed E-state index contributed by atoms with van der Waals surface area (Å²) in [5, 5.41) is 0. The molecule has 0 saturated carbocycles. The molecule has 2 N–H and O–H groups in total. The van der Waals surface area contributed by atoms with E-state index in [0.717, 1.165) is 5.56 Å². The van der Waals surface area contributed by atoms with Crippen LogP contribution >= 0.6 is 0 Å². The molecule has 1 nitrogen and oxygen atoms in total. The molecule has 0 heterocycles. The summed E-state index contributed by atoms with van der Waals surface area (Å²) in [7, 11) is 0. The number of halogens is 1. The van der Waals surface area contributed by atoms with Gasteiger partial charge < -0.3 is 5.73 Å². The quantitative estimate of drug-likeness (QED) is 0.760. The molecule has 1 aromatic rings. The number of benzene rings is 1. The average Bonchev–Trinajstić information content (AvgIpc) is 2.04. The van der Waals surface area contributed by atoms with Gasteiger partial charge in [-0.15, -0.1) is 0 Å². The second-order valence-electron chi connectivity index (χ2n) is 3.86. The van der Waals surface area contributed by atoms with Crippen molar-refractivity contribution >= 4 is 0 Å². The maximum Gasteiger partial charge on any atom is 0.120 e. The van der Waals surface area contributed by atoms with Crippen molar-refractivity contribution in [1.82, 2.24) is 0 Å². The SMILES string of the molecule is CC(C)(F)[C@@H](N)Cc1ccccc1. The number of nitrogens with two attached hydrogens (primary N) is 1. The van der Waals surface area contributed by atoms with Crippen LogP contribution < -0.4 is 5.73 Å².